The molecule has 1 amide bonds. The fraction of sp³-hybridized carbons (Fsp3) is 0.625. The van der Waals surface area contributed by atoms with E-state index in [4.69, 9.17) is 22.1 Å². The van der Waals surface area contributed by atoms with E-state index in [-0.39, 0.29) is 6.61 Å². The van der Waals surface area contributed by atoms with E-state index in [9.17, 15) is 4.79 Å². The van der Waals surface area contributed by atoms with E-state index in [1.807, 2.05) is 12.2 Å². The second kappa shape index (κ2) is 9.51. The highest BCUT2D eigenvalue weighted by Gasteiger charge is 1.91. The number of halogens is 1. The highest BCUT2D eigenvalue weighted by molar-refractivity contribution is 6.18. The molecule has 0 aromatic carbocycles. The summed E-state index contributed by atoms with van der Waals surface area (Å²) in [6.45, 7) is 1.92. The Bertz CT molecular complexity index is 162. The Hall–Kier alpha value is -0.580. The van der Waals surface area contributed by atoms with Crippen LogP contribution in [0.5, 0.6) is 0 Å². The molecule has 0 aliphatic rings. The van der Waals surface area contributed by atoms with Gasteiger partial charge >= 0.3 is 0 Å². The summed E-state index contributed by atoms with van der Waals surface area (Å²) in [5.74, 6) is 0.0851. The van der Waals surface area contributed by atoms with Gasteiger partial charge in [0.25, 0.3) is 0 Å². The molecule has 0 bridgehead atoms. The van der Waals surface area contributed by atoms with Gasteiger partial charge in [0.1, 0.15) is 6.61 Å². The summed E-state index contributed by atoms with van der Waals surface area (Å²) in [4.78, 5) is 10.2. The lowest BCUT2D eigenvalue weighted by molar-refractivity contribution is -0.122. The average molecular weight is 207 g/mol. The van der Waals surface area contributed by atoms with E-state index in [1.165, 1.54) is 0 Å². The SMILES string of the molecule is NC(=O)COCCNC/C=C/CCl. The zero-order valence-electron chi connectivity index (χ0n) is 7.46. The van der Waals surface area contributed by atoms with Crippen molar-refractivity contribution >= 4 is 17.5 Å². The number of rotatable bonds is 8. The van der Waals surface area contributed by atoms with Crippen molar-refractivity contribution in [2.75, 3.05) is 32.2 Å². The van der Waals surface area contributed by atoms with Gasteiger partial charge in [-0.25, -0.2) is 0 Å². The van der Waals surface area contributed by atoms with Crippen LogP contribution < -0.4 is 11.1 Å². The van der Waals surface area contributed by atoms with Crippen molar-refractivity contribution in [1.82, 2.24) is 5.32 Å². The minimum absolute atomic E-state index is 0.0147. The number of amides is 1. The zero-order valence-corrected chi connectivity index (χ0v) is 8.22. The third kappa shape index (κ3) is 11.4. The number of nitrogens with two attached hydrogens (primary N) is 1. The first kappa shape index (κ1) is 12.4. The lowest BCUT2D eigenvalue weighted by Gasteiger charge is -2.01. The van der Waals surface area contributed by atoms with Gasteiger partial charge in [-0.05, 0) is 0 Å². The number of carbonyl (C=O) groups is 1. The molecule has 5 heteroatoms. The van der Waals surface area contributed by atoms with Crippen LogP contribution in [0.4, 0.5) is 0 Å². The first-order valence-corrected chi connectivity index (χ1v) is 4.58. The van der Waals surface area contributed by atoms with E-state index in [2.05, 4.69) is 5.32 Å². The molecular weight excluding hydrogens is 192 g/mol. The molecule has 0 heterocycles. The summed E-state index contributed by atoms with van der Waals surface area (Å²) >= 11 is 5.41. The quantitative estimate of drug-likeness (QED) is 0.331. The van der Waals surface area contributed by atoms with Crippen molar-refractivity contribution < 1.29 is 9.53 Å². The van der Waals surface area contributed by atoms with Crippen LogP contribution in [-0.2, 0) is 9.53 Å². The Kier molecular flexibility index (Phi) is 9.08. The molecule has 0 aromatic rings. The molecule has 0 radical (unpaired) electrons. The molecule has 0 saturated carbocycles. The number of alkyl halides is 1. The van der Waals surface area contributed by atoms with Gasteiger partial charge in [-0.2, -0.15) is 0 Å². The number of carbonyl (C=O) groups excluding carboxylic acids is 1. The summed E-state index contributed by atoms with van der Waals surface area (Å²) in [5.41, 5.74) is 4.86. The van der Waals surface area contributed by atoms with E-state index >= 15 is 0 Å². The minimum atomic E-state index is -0.443. The zero-order chi connectivity index (χ0) is 9.94. The third-order valence-electron chi connectivity index (χ3n) is 1.19. The molecule has 0 aliphatic heterocycles. The predicted molar refractivity (Wildman–Crippen MR) is 52.7 cm³/mol. The van der Waals surface area contributed by atoms with Crippen LogP contribution in [0, 0.1) is 0 Å². The molecule has 0 saturated heterocycles. The highest BCUT2D eigenvalue weighted by Crippen LogP contribution is 1.76. The number of allylic oxidation sites excluding steroid dienone is 1. The number of hydrogen-bond acceptors (Lipinski definition) is 3. The Labute approximate surface area is 83.1 Å². The fourth-order valence-corrected chi connectivity index (χ4v) is 0.775. The van der Waals surface area contributed by atoms with Crippen LogP contribution in [0.1, 0.15) is 0 Å². The van der Waals surface area contributed by atoms with E-state index in [0.717, 1.165) is 6.54 Å². The van der Waals surface area contributed by atoms with Gasteiger partial charge in [-0.3, -0.25) is 4.79 Å². The summed E-state index contributed by atoms with van der Waals surface area (Å²) in [6, 6.07) is 0. The lowest BCUT2D eigenvalue weighted by Crippen LogP contribution is -2.24. The second-order valence-electron chi connectivity index (χ2n) is 2.35. The first-order valence-electron chi connectivity index (χ1n) is 4.05. The maximum absolute atomic E-state index is 10.2. The molecule has 3 N–H and O–H groups in total. The minimum Gasteiger partial charge on any atom is -0.370 e. The maximum Gasteiger partial charge on any atom is 0.243 e. The number of ether oxygens (including phenoxy) is 1. The van der Waals surface area contributed by atoms with Gasteiger partial charge in [-0.1, -0.05) is 12.2 Å². The van der Waals surface area contributed by atoms with Gasteiger partial charge in [0.2, 0.25) is 5.91 Å². The van der Waals surface area contributed by atoms with E-state index < -0.39 is 5.91 Å². The fourth-order valence-electron chi connectivity index (χ4n) is 0.649. The molecule has 0 aliphatic carbocycles. The Balaban J connectivity index is 2.99. The van der Waals surface area contributed by atoms with Crippen LogP contribution in [0.3, 0.4) is 0 Å². The molecule has 0 unspecified atom stereocenters. The van der Waals surface area contributed by atoms with Crippen LogP contribution in [0.2, 0.25) is 0 Å². The molecule has 0 atom stereocenters. The first-order chi connectivity index (χ1) is 6.27. The number of primary amides is 1. The van der Waals surface area contributed by atoms with Crippen molar-refractivity contribution in [3.8, 4) is 0 Å². The molecule has 0 fully saturated rings. The van der Waals surface area contributed by atoms with Gasteiger partial charge in [-0.15, -0.1) is 11.6 Å². The number of hydrogen-bond donors (Lipinski definition) is 2. The van der Waals surface area contributed by atoms with Crippen molar-refractivity contribution in [3.63, 3.8) is 0 Å². The van der Waals surface area contributed by atoms with Gasteiger partial charge in [0.05, 0.1) is 6.61 Å². The van der Waals surface area contributed by atoms with Crippen LogP contribution in [0.25, 0.3) is 0 Å². The Morgan fingerprint density at radius 1 is 1.54 bits per heavy atom. The van der Waals surface area contributed by atoms with Crippen molar-refractivity contribution in [1.29, 1.82) is 0 Å². The van der Waals surface area contributed by atoms with Gasteiger partial charge in [0, 0.05) is 19.0 Å². The molecule has 0 rings (SSSR count). The van der Waals surface area contributed by atoms with Crippen molar-refractivity contribution in [2.24, 2.45) is 5.73 Å². The van der Waals surface area contributed by atoms with Crippen molar-refractivity contribution in [3.05, 3.63) is 12.2 Å². The highest BCUT2D eigenvalue weighted by atomic mass is 35.5. The van der Waals surface area contributed by atoms with Crippen molar-refractivity contribution in [2.45, 2.75) is 0 Å². The van der Waals surface area contributed by atoms with Crippen LogP contribution >= 0.6 is 11.6 Å². The summed E-state index contributed by atoms with van der Waals surface area (Å²) in [7, 11) is 0. The normalized spacial score (nSPS) is 10.8. The molecule has 0 aromatic heterocycles. The molecule has 0 spiro atoms. The van der Waals surface area contributed by atoms with Crippen LogP contribution in [-0.4, -0.2) is 38.1 Å². The molecule has 76 valence electrons. The standard InChI is InChI=1S/C8H15ClN2O2/c9-3-1-2-4-11-5-6-13-7-8(10)12/h1-2,11H,3-7H2,(H2,10,12)/b2-1+. The Morgan fingerprint density at radius 3 is 2.92 bits per heavy atom. The van der Waals surface area contributed by atoms with Gasteiger partial charge < -0.3 is 15.8 Å². The smallest absolute Gasteiger partial charge is 0.243 e. The third-order valence-corrected chi connectivity index (χ3v) is 1.36. The second-order valence-corrected chi connectivity index (χ2v) is 2.66. The van der Waals surface area contributed by atoms with E-state index in [1.54, 1.807) is 0 Å². The lowest BCUT2D eigenvalue weighted by atomic mass is 10.5. The molecule has 4 nitrogen and oxygen atoms in total. The predicted octanol–water partition coefficient (Wildman–Crippen LogP) is -0.127. The largest absolute Gasteiger partial charge is 0.370 e. The van der Waals surface area contributed by atoms with E-state index in [0.29, 0.717) is 19.0 Å². The molecular formula is C8H15ClN2O2. The Morgan fingerprint density at radius 2 is 2.31 bits per heavy atom. The summed E-state index contributed by atoms with van der Waals surface area (Å²) in [6.07, 6.45) is 3.79. The maximum atomic E-state index is 10.2. The summed E-state index contributed by atoms with van der Waals surface area (Å²) < 4.78 is 4.91. The van der Waals surface area contributed by atoms with Gasteiger partial charge in [0.15, 0.2) is 0 Å². The topological polar surface area (TPSA) is 64.4 Å². The number of nitrogens with one attached hydrogen (secondary N) is 1. The summed E-state index contributed by atoms with van der Waals surface area (Å²) in [5, 5.41) is 3.07. The monoisotopic (exact) mass is 206 g/mol. The average Bonchev–Trinajstić information content (AvgIpc) is 2.09. The molecule has 13 heavy (non-hydrogen) atoms. The van der Waals surface area contributed by atoms with Crippen LogP contribution in [0.15, 0.2) is 12.2 Å².